The third kappa shape index (κ3) is 1.88. The molecule has 0 aliphatic heterocycles. The first-order valence-electron chi connectivity index (χ1n) is 3.81. The van der Waals surface area contributed by atoms with Crippen molar-refractivity contribution in [1.82, 2.24) is 0 Å². The standard InChI is InChI=1S/C9H8F3NO/c10-6-4-5(2-1-3-13)9(14)8(12)7(6)11/h1-2,4,14H,3,13H2/b2-1+. The van der Waals surface area contributed by atoms with Crippen LogP contribution in [0.4, 0.5) is 13.2 Å². The molecule has 0 aliphatic carbocycles. The molecule has 0 unspecified atom stereocenters. The highest BCUT2D eigenvalue weighted by Crippen LogP contribution is 2.26. The largest absolute Gasteiger partial charge is 0.504 e. The topological polar surface area (TPSA) is 46.2 Å². The Kier molecular flexibility index (Phi) is 3.14. The molecule has 0 fully saturated rings. The van der Waals surface area contributed by atoms with Gasteiger partial charge in [-0.15, -0.1) is 0 Å². The first-order valence-corrected chi connectivity index (χ1v) is 3.81. The Morgan fingerprint density at radius 3 is 2.50 bits per heavy atom. The zero-order valence-electron chi connectivity index (χ0n) is 7.10. The van der Waals surface area contributed by atoms with E-state index in [9.17, 15) is 13.2 Å². The van der Waals surface area contributed by atoms with Gasteiger partial charge >= 0.3 is 0 Å². The van der Waals surface area contributed by atoms with Gasteiger partial charge in [-0.05, 0) is 6.07 Å². The second-order valence-electron chi connectivity index (χ2n) is 2.56. The molecular weight excluding hydrogens is 195 g/mol. The van der Waals surface area contributed by atoms with Crippen LogP contribution in [0, 0.1) is 17.5 Å². The van der Waals surface area contributed by atoms with Crippen molar-refractivity contribution in [1.29, 1.82) is 0 Å². The highest BCUT2D eigenvalue weighted by Gasteiger charge is 2.16. The fourth-order valence-corrected chi connectivity index (χ4v) is 0.926. The van der Waals surface area contributed by atoms with Crippen molar-refractivity contribution in [2.45, 2.75) is 0 Å². The molecule has 0 saturated carbocycles. The molecule has 1 aromatic carbocycles. The monoisotopic (exact) mass is 203 g/mol. The van der Waals surface area contributed by atoms with Crippen LogP contribution in [0.3, 0.4) is 0 Å². The fraction of sp³-hybridized carbons (Fsp3) is 0.111. The lowest BCUT2D eigenvalue weighted by molar-refractivity contribution is 0.386. The number of hydrogen-bond donors (Lipinski definition) is 2. The Labute approximate surface area is 78.5 Å². The quantitative estimate of drug-likeness (QED) is 0.719. The average molecular weight is 203 g/mol. The minimum Gasteiger partial charge on any atom is -0.504 e. The summed E-state index contributed by atoms with van der Waals surface area (Å²) >= 11 is 0. The number of phenols is 1. The molecule has 0 aliphatic rings. The van der Waals surface area contributed by atoms with Crippen LogP contribution >= 0.6 is 0 Å². The Morgan fingerprint density at radius 1 is 1.29 bits per heavy atom. The van der Waals surface area contributed by atoms with Gasteiger partial charge in [-0.3, -0.25) is 0 Å². The van der Waals surface area contributed by atoms with E-state index in [4.69, 9.17) is 10.8 Å². The van der Waals surface area contributed by atoms with Crippen molar-refractivity contribution in [3.63, 3.8) is 0 Å². The summed E-state index contributed by atoms with van der Waals surface area (Å²) in [5, 5.41) is 9.06. The van der Waals surface area contributed by atoms with E-state index in [1.165, 1.54) is 12.2 Å². The first kappa shape index (κ1) is 10.6. The highest BCUT2D eigenvalue weighted by atomic mass is 19.2. The Hall–Kier alpha value is -1.49. The van der Waals surface area contributed by atoms with Crippen LogP contribution in [0.2, 0.25) is 0 Å². The predicted octanol–water partition coefficient (Wildman–Crippen LogP) is 1.78. The third-order valence-corrected chi connectivity index (χ3v) is 1.60. The van der Waals surface area contributed by atoms with Crippen molar-refractivity contribution in [2.24, 2.45) is 5.73 Å². The van der Waals surface area contributed by atoms with Gasteiger partial charge in [-0.2, -0.15) is 4.39 Å². The van der Waals surface area contributed by atoms with Gasteiger partial charge in [0.05, 0.1) is 0 Å². The fourth-order valence-electron chi connectivity index (χ4n) is 0.926. The highest BCUT2D eigenvalue weighted by molar-refractivity contribution is 5.57. The Morgan fingerprint density at radius 2 is 1.93 bits per heavy atom. The third-order valence-electron chi connectivity index (χ3n) is 1.60. The lowest BCUT2D eigenvalue weighted by atomic mass is 10.1. The van der Waals surface area contributed by atoms with Gasteiger partial charge in [-0.25, -0.2) is 8.78 Å². The summed E-state index contributed by atoms with van der Waals surface area (Å²) in [5.74, 6) is -5.56. The lowest BCUT2D eigenvalue weighted by Crippen LogP contribution is -1.95. The van der Waals surface area contributed by atoms with Crippen LogP contribution in [-0.2, 0) is 0 Å². The Balaban J connectivity index is 3.26. The van der Waals surface area contributed by atoms with E-state index in [1.807, 2.05) is 0 Å². The van der Waals surface area contributed by atoms with Crippen LogP contribution in [0.1, 0.15) is 5.56 Å². The van der Waals surface area contributed by atoms with Crippen molar-refractivity contribution < 1.29 is 18.3 Å². The van der Waals surface area contributed by atoms with Gasteiger partial charge in [0.1, 0.15) is 0 Å². The maximum atomic E-state index is 12.7. The van der Waals surface area contributed by atoms with Crippen molar-refractivity contribution in [3.05, 3.63) is 35.2 Å². The Bertz CT molecular complexity index is 377. The van der Waals surface area contributed by atoms with E-state index in [0.717, 1.165) is 0 Å². The second kappa shape index (κ2) is 4.15. The molecule has 0 heterocycles. The molecule has 0 spiro atoms. The number of aromatic hydroxyl groups is 1. The summed E-state index contributed by atoms with van der Waals surface area (Å²) < 4.78 is 37.9. The molecule has 0 saturated heterocycles. The summed E-state index contributed by atoms with van der Waals surface area (Å²) in [4.78, 5) is 0. The zero-order valence-corrected chi connectivity index (χ0v) is 7.10. The van der Waals surface area contributed by atoms with Crippen LogP contribution < -0.4 is 5.73 Å². The number of nitrogens with two attached hydrogens (primary N) is 1. The number of rotatable bonds is 2. The summed E-state index contributed by atoms with van der Waals surface area (Å²) in [6, 6.07) is 0.694. The molecule has 2 nitrogen and oxygen atoms in total. The minimum absolute atomic E-state index is 0.146. The molecule has 14 heavy (non-hydrogen) atoms. The van der Waals surface area contributed by atoms with Gasteiger partial charge in [0.15, 0.2) is 17.4 Å². The van der Waals surface area contributed by atoms with E-state index in [0.29, 0.717) is 6.07 Å². The normalized spacial score (nSPS) is 11.1. The molecule has 1 rings (SSSR count). The number of phenolic OH excluding ortho intramolecular Hbond substituents is 1. The number of hydrogen-bond acceptors (Lipinski definition) is 2. The molecule has 0 amide bonds. The van der Waals surface area contributed by atoms with E-state index >= 15 is 0 Å². The average Bonchev–Trinajstić information content (AvgIpc) is 2.18. The van der Waals surface area contributed by atoms with Crippen LogP contribution in [-0.4, -0.2) is 11.7 Å². The van der Waals surface area contributed by atoms with Crippen molar-refractivity contribution in [3.8, 4) is 5.75 Å². The van der Waals surface area contributed by atoms with Crippen LogP contribution in [0.5, 0.6) is 5.75 Å². The molecule has 0 radical (unpaired) electrons. The molecule has 76 valence electrons. The summed E-state index contributed by atoms with van der Waals surface area (Å²) in [5.41, 5.74) is 4.96. The van der Waals surface area contributed by atoms with E-state index in [-0.39, 0.29) is 12.1 Å². The number of halogens is 3. The van der Waals surface area contributed by atoms with E-state index in [2.05, 4.69) is 0 Å². The van der Waals surface area contributed by atoms with Gasteiger partial charge in [0.25, 0.3) is 0 Å². The lowest BCUT2D eigenvalue weighted by Gasteiger charge is -2.02. The maximum absolute atomic E-state index is 12.7. The molecule has 0 bridgehead atoms. The summed E-state index contributed by atoms with van der Waals surface area (Å²) in [7, 11) is 0. The van der Waals surface area contributed by atoms with Gasteiger partial charge in [0, 0.05) is 12.1 Å². The molecule has 1 aromatic rings. The van der Waals surface area contributed by atoms with Crippen molar-refractivity contribution >= 4 is 6.08 Å². The minimum atomic E-state index is -1.69. The molecule has 0 atom stereocenters. The predicted molar refractivity (Wildman–Crippen MR) is 46.1 cm³/mol. The first-order chi connectivity index (χ1) is 6.57. The van der Waals surface area contributed by atoms with Gasteiger partial charge in [-0.1, -0.05) is 12.2 Å². The van der Waals surface area contributed by atoms with Gasteiger partial charge in [0.2, 0.25) is 5.82 Å². The SMILES string of the molecule is NC/C=C/c1cc(F)c(F)c(F)c1O. The van der Waals surface area contributed by atoms with Crippen LogP contribution in [0.25, 0.3) is 6.08 Å². The van der Waals surface area contributed by atoms with E-state index < -0.39 is 23.2 Å². The molecule has 0 aromatic heterocycles. The molecule has 3 N–H and O–H groups in total. The van der Waals surface area contributed by atoms with Crippen LogP contribution in [0.15, 0.2) is 12.1 Å². The van der Waals surface area contributed by atoms with Gasteiger partial charge < -0.3 is 10.8 Å². The van der Waals surface area contributed by atoms with E-state index in [1.54, 1.807) is 0 Å². The van der Waals surface area contributed by atoms with Crippen molar-refractivity contribution in [2.75, 3.05) is 6.54 Å². The zero-order chi connectivity index (χ0) is 10.7. The second-order valence-corrected chi connectivity index (χ2v) is 2.56. The number of benzene rings is 1. The smallest absolute Gasteiger partial charge is 0.204 e. The maximum Gasteiger partial charge on any atom is 0.204 e. The molecule has 5 heteroatoms. The summed E-state index contributed by atoms with van der Waals surface area (Å²) in [6.45, 7) is 0.153. The molecular formula is C9H8F3NO. The summed E-state index contributed by atoms with van der Waals surface area (Å²) in [6.07, 6.45) is 2.59.